The number of rotatable bonds is 2. The second kappa shape index (κ2) is 5.27. The summed E-state index contributed by atoms with van der Waals surface area (Å²) in [4.78, 5) is 12.0. The van der Waals surface area contributed by atoms with E-state index in [1.54, 1.807) is 18.2 Å². The van der Waals surface area contributed by atoms with Crippen LogP contribution in [0.4, 0.5) is 11.4 Å². The lowest BCUT2D eigenvalue weighted by atomic mass is 9.99. The Morgan fingerprint density at radius 2 is 2.22 bits per heavy atom. The Morgan fingerprint density at radius 1 is 1.44 bits per heavy atom. The summed E-state index contributed by atoms with van der Waals surface area (Å²) in [5, 5.41) is 3.55. The summed E-state index contributed by atoms with van der Waals surface area (Å²) in [7, 11) is 0. The van der Waals surface area contributed by atoms with Gasteiger partial charge in [-0.25, -0.2) is 0 Å². The lowest BCUT2D eigenvalue weighted by Crippen LogP contribution is -2.22. The van der Waals surface area contributed by atoms with E-state index >= 15 is 0 Å². The summed E-state index contributed by atoms with van der Waals surface area (Å²) in [6.45, 7) is 1.94. The molecule has 0 aliphatic heterocycles. The van der Waals surface area contributed by atoms with Gasteiger partial charge in [-0.15, -0.1) is 0 Å². The molecule has 4 heteroatoms. The van der Waals surface area contributed by atoms with Crippen molar-refractivity contribution in [2.75, 3.05) is 11.1 Å². The molecule has 0 bridgehead atoms. The number of hydrogen-bond acceptors (Lipinski definition) is 2. The number of nitrogens with one attached hydrogen (secondary N) is 1. The van der Waals surface area contributed by atoms with Gasteiger partial charge < -0.3 is 11.1 Å². The average Bonchev–Trinajstić information content (AvgIpc) is 2.27. The normalized spacial score (nSPS) is 18.3. The molecule has 3 nitrogen and oxygen atoms in total. The number of hydrogen-bond donors (Lipinski definition) is 2. The number of aryl methyl sites for hydroxylation is 1. The van der Waals surface area contributed by atoms with Crippen LogP contribution >= 0.6 is 11.6 Å². The Hall–Kier alpha value is -1.74. The van der Waals surface area contributed by atoms with Crippen LogP contribution in [0.5, 0.6) is 0 Å². The highest BCUT2D eigenvalue weighted by atomic mass is 35.5. The first kappa shape index (κ1) is 12.7. The topological polar surface area (TPSA) is 55.1 Å². The smallest absolute Gasteiger partial charge is 0.231 e. The zero-order chi connectivity index (χ0) is 13.1. The molecule has 1 atom stereocenters. The van der Waals surface area contributed by atoms with E-state index in [0.717, 1.165) is 11.3 Å². The summed E-state index contributed by atoms with van der Waals surface area (Å²) >= 11 is 5.92. The van der Waals surface area contributed by atoms with Crippen molar-refractivity contribution in [2.45, 2.75) is 13.3 Å². The Labute approximate surface area is 111 Å². The second-order valence-corrected chi connectivity index (χ2v) is 4.92. The van der Waals surface area contributed by atoms with Crippen LogP contribution in [0.2, 0.25) is 0 Å². The summed E-state index contributed by atoms with van der Waals surface area (Å²) in [6, 6.07) is 5.49. The highest BCUT2D eigenvalue weighted by molar-refractivity contribution is 6.30. The number of halogens is 1. The highest BCUT2D eigenvalue weighted by Crippen LogP contribution is 2.23. The third-order valence-electron chi connectivity index (χ3n) is 2.74. The highest BCUT2D eigenvalue weighted by Gasteiger charge is 2.18. The molecule has 0 saturated heterocycles. The number of amides is 1. The Balaban J connectivity index is 2.07. The predicted molar refractivity (Wildman–Crippen MR) is 75.4 cm³/mol. The van der Waals surface area contributed by atoms with E-state index in [0.29, 0.717) is 17.1 Å². The first-order valence-corrected chi connectivity index (χ1v) is 6.13. The first-order valence-electron chi connectivity index (χ1n) is 5.75. The van der Waals surface area contributed by atoms with Gasteiger partial charge in [-0.2, -0.15) is 0 Å². The Morgan fingerprint density at radius 3 is 2.89 bits per heavy atom. The summed E-state index contributed by atoms with van der Waals surface area (Å²) in [5.74, 6) is -0.285. The minimum Gasteiger partial charge on any atom is -0.399 e. The third kappa shape index (κ3) is 3.14. The lowest BCUT2D eigenvalue weighted by molar-refractivity contribution is -0.118. The minimum atomic E-state index is -0.218. The van der Waals surface area contributed by atoms with Crippen LogP contribution in [-0.2, 0) is 4.79 Å². The monoisotopic (exact) mass is 262 g/mol. The Kier molecular flexibility index (Phi) is 3.72. The van der Waals surface area contributed by atoms with Crippen molar-refractivity contribution in [1.82, 2.24) is 0 Å². The van der Waals surface area contributed by atoms with Crippen LogP contribution in [0.3, 0.4) is 0 Å². The second-order valence-electron chi connectivity index (χ2n) is 4.43. The zero-order valence-electron chi connectivity index (χ0n) is 10.1. The van der Waals surface area contributed by atoms with E-state index in [-0.39, 0.29) is 11.8 Å². The number of nitrogen functional groups attached to an aromatic ring is 1. The molecule has 0 spiro atoms. The quantitative estimate of drug-likeness (QED) is 0.804. The van der Waals surface area contributed by atoms with Crippen molar-refractivity contribution in [3.63, 3.8) is 0 Å². The van der Waals surface area contributed by atoms with Crippen LogP contribution in [0.15, 0.2) is 41.5 Å². The van der Waals surface area contributed by atoms with Crippen LogP contribution in [-0.4, -0.2) is 5.91 Å². The van der Waals surface area contributed by atoms with E-state index in [1.807, 2.05) is 25.1 Å². The standard InChI is InChI=1S/C14H15ClN2O/c1-9-5-12(16)8-13(6-9)17-14(18)10-3-2-4-11(15)7-10/h2-6,8,10H,7,16H2,1H3,(H,17,18). The van der Waals surface area contributed by atoms with Gasteiger partial charge >= 0.3 is 0 Å². The van der Waals surface area contributed by atoms with Gasteiger partial charge in [0.15, 0.2) is 0 Å². The fourth-order valence-corrected chi connectivity index (χ4v) is 2.18. The van der Waals surface area contributed by atoms with Gasteiger partial charge in [0.2, 0.25) is 5.91 Å². The van der Waals surface area contributed by atoms with Gasteiger partial charge in [-0.3, -0.25) is 4.79 Å². The van der Waals surface area contributed by atoms with Crippen molar-refractivity contribution in [3.05, 3.63) is 47.0 Å². The van der Waals surface area contributed by atoms with E-state index in [4.69, 9.17) is 17.3 Å². The molecule has 1 unspecified atom stereocenters. The third-order valence-corrected chi connectivity index (χ3v) is 3.02. The van der Waals surface area contributed by atoms with E-state index in [2.05, 4.69) is 5.32 Å². The van der Waals surface area contributed by atoms with Crippen molar-refractivity contribution in [2.24, 2.45) is 5.92 Å². The molecule has 1 amide bonds. The maximum atomic E-state index is 12.0. The van der Waals surface area contributed by atoms with Crippen molar-refractivity contribution in [3.8, 4) is 0 Å². The van der Waals surface area contributed by atoms with Gasteiger partial charge in [0, 0.05) is 16.4 Å². The Bertz CT molecular complexity index is 514. The van der Waals surface area contributed by atoms with Crippen molar-refractivity contribution < 1.29 is 4.79 Å². The summed E-state index contributed by atoms with van der Waals surface area (Å²) in [6.07, 6.45) is 6.00. The molecular formula is C14H15ClN2O. The molecule has 1 aliphatic rings. The number of carbonyl (C=O) groups is 1. The molecule has 3 N–H and O–H groups in total. The van der Waals surface area contributed by atoms with Crippen LogP contribution < -0.4 is 11.1 Å². The molecule has 0 fully saturated rings. The molecule has 18 heavy (non-hydrogen) atoms. The SMILES string of the molecule is Cc1cc(N)cc(NC(=O)C2C=CC=C(Cl)C2)c1. The molecular weight excluding hydrogens is 248 g/mol. The van der Waals surface area contributed by atoms with E-state index in [9.17, 15) is 4.79 Å². The number of nitrogens with two attached hydrogens (primary N) is 1. The largest absolute Gasteiger partial charge is 0.399 e. The maximum Gasteiger partial charge on any atom is 0.231 e. The fraction of sp³-hybridized carbons (Fsp3) is 0.214. The zero-order valence-corrected chi connectivity index (χ0v) is 10.9. The number of allylic oxidation sites excluding steroid dienone is 3. The first-order chi connectivity index (χ1) is 8.54. The van der Waals surface area contributed by atoms with Crippen LogP contribution in [0.1, 0.15) is 12.0 Å². The van der Waals surface area contributed by atoms with Crippen LogP contribution in [0.25, 0.3) is 0 Å². The van der Waals surface area contributed by atoms with Gasteiger partial charge in [0.25, 0.3) is 0 Å². The molecule has 0 radical (unpaired) electrons. The lowest BCUT2D eigenvalue weighted by Gasteiger charge is -2.15. The van der Waals surface area contributed by atoms with Gasteiger partial charge in [-0.05, 0) is 43.2 Å². The van der Waals surface area contributed by atoms with E-state index in [1.165, 1.54) is 0 Å². The molecule has 0 aromatic heterocycles. The van der Waals surface area contributed by atoms with Crippen LogP contribution in [0, 0.1) is 12.8 Å². The number of carbonyl (C=O) groups excluding carboxylic acids is 1. The van der Waals surface area contributed by atoms with Crippen molar-refractivity contribution >= 4 is 28.9 Å². The molecule has 1 aliphatic carbocycles. The average molecular weight is 263 g/mol. The molecule has 0 heterocycles. The fourth-order valence-electron chi connectivity index (χ4n) is 1.94. The number of anilines is 2. The molecule has 94 valence electrons. The molecule has 2 rings (SSSR count). The summed E-state index contributed by atoms with van der Waals surface area (Å²) in [5.41, 5.74) is 8.12. The summed E-state index contributed by atoms with van der Waals surface area (Å²) < 4.78 is 0. The number of benzene rings is 1. The van der Waals surface area contributed by atoms with Gasteiger partial charge in [-0.1, -0.05) is 23.8 Å². The minimum absolute atomic E-state index is 0.0671. The van der Waals surface area contributed by atoms with E-state index < -0.39 is 0 Å². The molecule has 1 aromatic rings. The van der Waals surface area contributed by atoms with Crippen molar-refractivity contribution in [1.29, 1.82) is 0 Å². The van der Waals surface area contributed by atoms with Gasteiger partial charge in [0.1, 0.15) is 0 Å². The maximum absolute atomic E-state index is 12.0. The predicted octanol–water partition coefficient (Wildman–Crippen LogP) is 3.21. The molecule has 1 aromatic carbocycles. The van der Waals surface area contributed by atoms with Gasteiger partial charge in [0.05, 0.1) is 5.92 Å². The molecule has 0 saturated carbocycles.